The van der Waals surface area contributed by atoms with Crippen molar-refractivity contribution in [2.45, 2.75) is 0 Å². The maximum absolute atomic E-state index is 15.0. The molecule has 1 aromatic heterocycles. The van der Waals surface area contributed by atoms with Gasteiger partial charge in [0.2, 0.25) is 0 Å². The molecule has 0 aliphatic carbocycles. The van der Waals surface area contributed by atoms with E-state index in [0.717, 1.165) is 0 Å². The Kier molecular flexibility index (Phi) is 3.19. The molecule has 0 radical (unpaired) electrons. The van der Waals surface area contributed by atoms with Crippen molar-refractivity contribution in [3.05, 3.63) is 42.5 Å². The summed E-state index contributed by atoms with van der Waals surface area (Å²) < 4.78 is 46.3. The van der Waals surface area contributed by atoms with Gasteiger partial charge in [0.05, 0.1) is 0 Å². The molecule has 1 fully saturated rings. The highest BCUT2D eigenvalue weighted by molar-refractivity contribution is 7.92. The summed E-state index contributed by atoms with van der Waals surface area (Å²) in [5, 5.41) is 9.97. The zero-order valence-electron chi connectivity index (χ0n) is 12.4. The highest BCUT2D eigenvalue weighted by Gasteiger charge is 2.37. The molecular weight excluding hydrogens is 353 g/mol. The monoisotopic (exact) mass is 363 g/mol. The number of rotatable bonds is 2. The first-order valence-electron chi connectivity index (χ1n) is 7.05. The van der Waals surface area contributed by atoms with Gasteiger partial charge in [0.25, 0.3) is 5.91 Å². The largest absolute Gasteiger partial charge is 0.506 e. The summed E-state index contributed by atoms with van der Waals surface area (Å²) in [6, 6.07) is 7.22. The third kappa shape index (κ3) is 2.38. The SMILES string of the molecule is O=C1CN(c2c(O)ccc(-c3ccc4ocnc4c3)c2F)S(=O)(=O)N1. The summed E-state index contributed by atoms with van der Waals surface area (Å²) >= 11 is 0. The standard InChI is InChI=1S/C15H10FN3O5S/c16-14-9(8-1-4-12-10(5-8)17-7-24-12)2-3-11(20)15(14)19-6-13(21)18-25(19,22)23/h1-5,7,20H,6H2,(H,18,21). The summed E-state index contributed by atoms with van der Waals surface area (Å²) in [4.78, 5) is 15.4. The molecule has 128 valence electrons. The Morgan fingerprint density at radius 3 is 2.80 bits per heavy atom. The highest BCUT2D eigenvalue weighted by atomic mass is 32.2. The van der Waals surface area contributed by atoms with Crippen molar-refractivity contribution in [2.24, 2.45) is 0 Å². The third-order valence-electron chi connectivity index (χ3n) is 3.81. The smallest absolute Gasteiger partial charge is 0.326 e. The van der Waals surface area contributed by atoms with Crippen molar-refractivity contribution in [3.63, 3.8) is 0 Å². The van der Waals surface area contributed by atoms with Crippen LogP contribution in [-0.2, 0) is 15.0 Å². The Balaban J connectivity index is 1.90. The molecule has 1 aliphatic rings. The van der Waals surface area contributed by atoms with Crippen LogP contribution >= 0.6 is 0 Å². The summed E-state index contributed by atoms with van der Waals surface area (Å²) in [5.41, 5.74) is 0.886. The minimum absolute atomic E-state index is 0.0484. The van der Waals surface area contributed by atoms with Crippen LogP contribution in [0.5, 0.6) is 5.75 Å². The molecule has 3 aromatic rings. The Morgan fingerprint density at radius 1 is 1.28 bits per heavy atom. The topological polar surface area (TPSA) is 113 Å². The van der Waals surface area contributed by atoms with Crippen LogP contribution in [0.1, 0.15) is 0 Å². The quantitative estimate of drug-likeness (QED) is 0.714. The van der Waals surface area contributed by atoms with Gasteiger partial charge < -0.3 is 9.52 Å². The molecule has 4 rings (SSSR count). The number of amides is 1. The average Bonchev–Trinajstić information content (AvgIpc) is 3.10. The van der Waals surface area contributed by atoms with Crippen LogP contribution in [0.2, 0.25) is 0 Å². The summed E-state index contributed by atoms with van der Waals surface area (Å²) in [6.07, 6.45) is 1.25. The molecule has 1 amide bonds. The number of carbonyl (C=O) groups is 1. The van der Waals surface area contributed by atoms with Gasteiger partial charge in [-0.25, -0.2) is 18.4 Å². The maximum Gasteiger partial charge on any atom is 0.326 e. The van der Waals surface area contributed by atoms with E-state index in [1.165, 1.54) is 18.5 Å². The van der Waals surface area contributed by atoms with Crippen LogP contribution in [0, 0.1) is 5.82 Å². The maximum atomic E-state index is 15.0. The molecule has 25 heavy (non-hydrogen) atoms. The molecule has 2 heterocycles. The number of fused-ring (bicyclic) bond motifs is 1. The fraction of sp³-hybridized carbons (Fsp3) is 0.0667. The molecule has 2 N–H and O–H groups in total. The van der Waals surface area contributed by atoms with E-state index in [-0.39, 0.29) is 5.56 Å². The van der Waals surface area contributed by atoms with E-state index in [4.69, 9.17) is 4.42 Å². The van der Waals surface area contributed by atoms with Gasteiger partial charge in [0, 0.05) is 5.56 Å². The molecule has 8 nitrogen and oxygen atoms in total. The number of hydrogen-bond acceptors (Lipinski definition) is 6. The Morgan fingerprint density at radius 2 is 2.08 bits per heavy atom. The van der Waals surface area contributed by atoms with Gasteiger partial charge in [-0.05, 0) is 29.8 Å². The molecule has 1 aliphatic heterocycles. The number of oxazole rings is 1. The highest BCUT2D eigenvalue weighted by Crippen LogP contribution is 2.39. The minimum Gasteiger partial charge on any atom is -0.506 e. The number of nitrogens with zero attached hydrogens (tertiary/aromatic N) is 2. The number of anilines is 1. The normalized spacial score (nSPS) is 16.4. The summed E-state index contributed by atoms with van der Waals surface area (Å²) in [7, 11) is -4.25. The first-order valence-corrected chi connectivity index (χ1v) is 8.49. The molecule has 0 spiro atoms. The molecule has 0 atom stereocenters. The number of phenols is 1. The van der Waals surface area contributed by atoms with Gasteiger partial charge in [-0.2, -0.15) is 8.42 Å². The van der Waals surface area contributed by atoms with Crippen LogP contribution in [0.3, 0.4) is 0 Å². The van der Waals surface area contributed by atoms with Crippen LogP contribution < -0.4 is 9.03 Å². The molecule has 0 bridgehead atoms. The lowest BCUT2D eigenvalue weighted by atomic mass is 10.0. The van der Waals surface area contributed by atoms with Gasteiger partial charge in [-0.1, -0.05) is 6.07 Å². The first-order chi connectivity index (χ1) is 11.9. The predicted octanol–water partition coefficient (Wildman–Crippen LogP) is 1.52. The number of benzene rings is 2. The fourth-order valence-corrected chi connectivity index (χ4v) is 3.85. The number of phenolic OH excluding ortho intramolecular Hbond substituents is 1. The van der Waals surface area contributed by atoms with E-state index in [1.54, 1.807) is 22.9 Å². The summed E-state index contributed by atoms with van der Waals surface area (Å²) in [6.45, 7) is -0.613. The number of hydrogen-bond donors (Lipinski definition) is 2. The fourth-order valence-electron chi connectivity index (χ4n) is 2.69. The second-order valence-corrected chi connectivity index (χ2v) is 6.96. The van der Waals surface area contributed by atoms with Crippen LogP contribution in [-0.4, -0.2) is 31.0 Å². The van der Waals surface area contributed by atoms with Crippen molar-refractivity contribution in [2.75, 3.05) is 10.8 Å². The van der Waals surface area contributed by atoms with Crippen molar-refractivity contribution in [1.82, 2.24) is 9.71 Å². The van der Waals surface area contributed by atoms with Crippen LogP contribution in [0.4, 0.5) is 10.1 Å². The molecule has 1 saturated heterocycles. The average molecular weight is 363 g/mol. The molecule has 2 aromatic carbocycles. The Hall–Kier alpha value is -3.14. The molecule has 10 heteroatoms. The lowest BCUT2D eigenvalue weighted by Gasteiger charge is -2.18. The molecular formula is C15H10FN3O5S. The van der Waals surface area contributed by atoms with Crippen molar-refractivity contribution < 1.29 is 27.1 Å². The molecule has 0 unspecified atom stereocenters. The lowest BCUT2D eigenvalue weighted by molar-refractivity contribution is -0.117. The second kappa shape index (κ2) is 5.18. The number of halogens is 1. The Bertz CT molecular complexity index is 1130. The van der Waals surface area contributed by atoms with Crippen LogP contribution in [0.25, 0.3) is 22.2 Å². The van der Waals surface area contributed by atoms with E-state index >= 15 is 4.39 Å². The van der Waals surface area contributed by atoms with Crippen LogP contribution in [0.15, 0.2) is 41.1 Å². The van der Waals surface area contributed by atoms with E-state index in [9.17, 15) is 18.3 Å². The second-order valence-electron chi connectivity index (χ2n) is 5.37. The number of nitrogens with one attached hydrogen (secondary N) is 1. The van der Waals surface area contributed by atoms with E-state index in [0.29, 0.717) is 21.0 Å². The van der Waals surface area contributed by atoms with Gasteiger partial charge in [0.1, 0.15) is 23.5 Å². The third-order valence-corrected chi connectivity index (χ3v) is 5.18. The van der Waals surface area contributed by atoms with E-state index in [1.807, 2.05) is 0 Å². The van der Waals surface area contributed by atoms with Crippen molar-refractivity contribution >= 4 is 32.9 Å². The zero-order valence-corrected chi connectivity index (χ0v) is 13.2. The predicted molar refractivity (Wildman–Crippen MR) is 85.5 cm³/mol. The number of aromatic nitrogens is 1. The van der Waals surface area contributed by atoms with E-state index < -0.39 is 39.9 Å². The van der Waals surface area contributed by atoms with Gasteiger partial charge in [-0.15, -0.1) is 0 Å². The van der Waals surface area contributed by atoms with Crippen molar-refractivity contribution in [3.8, 4) is 16.9 Å². The first kappa shape index (κ1) is 15.4. The van der Waals surface area contributed by atoms with Gasteiger partial charge >= 0.3 is 10.2 Å². The zero-order chi connectivity index (χ0) is 17.8. The summed E-state index contributed by atoms with van der Waals surface area (Å²) in [5.74, 6) is -2.38. The van der Waals surface area contributed by atoms with Gasteiger partial charge in [-0.3, -0.25) is 4.79 Å². The lowest BCUT2D eigenvalue weighted by Crippen LogP contribution is -2.30. The minimum atomic E-state index is -4.25. The Labute approximate surface area is 140 Å². The number of aromatic hydroxyl groups is 1. The van der Waals surface area contributed by atoms with E-state index in [2.05, 4.69) is 4.98 Å². The van der Waals surface area contributed by atoms with Crippen molar-refractivity contribution in [1.29, 1.82) is 0 Å². The van der Waals surface area contributed by atoms with Gasteiger partial charge in [0.15, 0.2) is 17.8 Å². The number of carbonyl (C=O) groups excluding carboxylic acids is 1. The molecule has 0 saturated carbocycles.